The van der Waals surface area contributed by atoms with E-state index < -0.39 is 0 Å². The minimum atomic E-state index is 0.695. The lowest BCUT2D eigenvalue weighted by Gasteiger charge is -2.16. The highest BCUT2D eigenvalue weighted by Crippen LogP contribution is 2.24. The predicted molar refractivity (Wildman–Crippen MR) is 147 cm³/mol. The minimum absolute atomic E-state index is 0.695. The molecule has 0 aliphatic heterocycles. The highest BCUT2D eigenvalue weighted by molar-refractivity contribution is 5.72. The van der Waals surface area contributed by atoms with Crippen LogP contribution < -0.4 is 9.13 Å². The Morgan fingerprint density at radius 3 is 1.51 bits per heavy atom. The lowest BCUT2D eigenvalue weighted by Crippen LogP contribution is -2.36. The number of fused-ring (bicyclic) bond motifs is 2. The van der Waals surface area contributed by atoms with Gasteiger partial charge < -0.3 is 9.47 Å². The number of para-hydroxylation sites is 4. The van der Waals surface area contributed by atoms with Crippen molar-refractivity contribution in [3.8, 4) is 0 Å². The van der Waals surface area contributed by atoms with Gasteiger partial charge in [-0.25, -0.2) is 18.3 Å². The molecule has 37 heavy (non-hydrogen) atoms. The molecule has 0 saturated carbocycles. The summed E-state index contributed by atoms with van der Waals surface area (Å²) in [4.78, 5) is 0. The van der Waals surface area contributed by atoms with Crippen molar-refractivity contribution in [1.82, 2.24) is 9.13 Å². The Bertz CT molecular complexity index is 1430. The number of aromatic nitrogens is 4. The van der Waals surface area contributed by atoms with Gasteiger partial charge in [0.15, 0.2) is 22.1 Å². The summed E-state index contributed by atoms with van der Waals surface area (Å²) in [6.07, 6.45) is 4.47. The zero-order chi connectivity index (χ0) is 25.9. The van der Waals surface area contributed by atoms with E-state index in [9.17, 15) is 0 Å². The fraction of sp³-hybridized carbons (Fsp3) is 0.355. The molecular weight excluding hydrogens is 460 g/mol. The van der Waals surface area contributed by atoms with Crippen molar-refractivity contribution in [2.75, 3.05) is 27.4 Å². The standard InChI is InChI=1S/C31H38N4O2/c1-23-18-24(2)27(20-35-22-33(15-17-37-5)29-11-7-9-13-31(29)35)25(3)26(23)19-34-21-32(14-16-36-4)28-10-6-8-12-30(28)34/h6-13,18,21-22H,14-17,19-20H2,1-5H3/q+2. The summed E-state index contributed by atoms with van der Waals surface area (Å²) in [5.41, 5.74) is 11.8. The van der Waals surface area contributed by atoms with E-state index in [1.165, 1.54) is 49.9 Å². The van der Waals surface area contributed by atoms with E-state index >= 15 is 0 Å². The van der Waals surface area contributed by atoms with Crippen LogP contribution >= 0.6 is 0 Å². The van der Waals surface area contributed by atoms with E-state index in [2.05, 4.69) is 106 Å². The molecule has 0 atom stereocenters. The Hall–Kier alpha value is -3.48. The summed E-state index contributed by atoms with van der Waals surface area (Å²) in [5.74, 6) is 0. The first-order chi connectivity index (χ1) is 18.0. The Kier molecular flexibility index (Phi) is 7.40. The largest absolute Gasteiger partial charge is 0.381 e. The summed E-state index contributed by atoms with van der Waals surface area (Å²) in [6, 6.07) is 19.6. The van der Waals surface area contributed by atoms with Gasteiger partial charge in [0.1, 0.15) is 26.2 Å². The first kappa shape index (κ1) is 25.2. The van der Waals surface area contributed by atoms with Crippen molar-refractivity contribution in [3.63, 3.8) is 0 Å². The van der Waals surface area contributed by atoms with Crippen molar-refractivity contribution in [2.24, 2.45) is 0 Å². The highest BCUT2D eigenvalue weighted by Gasteiger charge is 2.21. The van der Waals surface area contributed by atoms with Crippen LogP contribution in [0.3, 0.4) is 0 Å². The van der Waals surface area contributed by atoms with Crippen LogP contribution in [0.4, 0.5) is 0 Å². The molecule has 6 heteroatoms. The molecule has 192 valence electrons. The van der Waals surface area contributed by atoms with Gasteiger partial charge in [0, 0.05) is 14.2 Å². The number of nitrogens with zero attached hydrogens (tertiary/aromatic N) is 4. The topological polar surface area (TPSA) is 36.1 Å². The number of hydrogen-bond acceptors (Lipinski definition) is 2. The van der Waals surface area contributed by atoms with E-state index in [-0.39, 0.29) is 0 Å². The minimum Gasteiger partial charge on any atom is -0.381 e. The van der Waals surface area contributed by atoms with E-state index in [0.717, 1.165) is 26.2 Å². The third-order valence-corrected chi connectivity index (χ3v) is 7.58. The molecule has 2 heterocycles. The second-order valence-electron chi connectivity index (χ2n) is 9.93. The fourth-order valence-corrected chi connectivity index (χ4v) is 5.57. The Morgan fingerprint density at radius 1 is 0.649 bits per heavy atom. The second kappa shape index (κ2) is 10.9. The van der Waals surface area contributed by atoms with Crippen LogP contribution in [0.1, 0.15) is 27.8 Å². The summed E-state index contributed by atoms with van der Waals surface area (Å²) >= 11 is 0. The molecule has 0 unspecified atom stereocenters. The molecule has 5 aromatic rings. The Labute approximate surface area is 219 Å². The maximum absolute atomic E-state index is 5.36. The molecule has 0 aliphatic carbocycles. The molecule has 0 aliphatic rings. The van der Waals surface area contributed by atoms with Gasteiger partial charge in [-0.3, -0.25) is 0 Å². The molecule has 6 nitrogen and oxygen atoms in total. The number of aryl methyl sites for hydroxylation is 2. The normalized spacial score (nSPS) is 11.7. The van der Waals surface area contributed by atoms with Crippen molar-refractivity contribution in [3.05, 3.63) is 95.1 Å². The van der Waals surface area contributed by atoms with Crippen LogP contribution in [-0.2, 0) is 35.7 Å². The molecule has 0 bridgehead atoms. The zero-order valence-corrected chi connectivity index (χ0v) is 22.7. The Morgan fingerprint density at radius 2 is 1.08 bits per heavy atom. The van der Waals surface area contributed by atoms with Gasteiger partial charge in [0.25, 0.3) is 0 Å². The van der Waals surface area contributed by atoms with Crippen LogP contribution in [0.25, 0.3) is 22.1 Å². The van der Waals surface area contributed by atoms with E-state index in [1.54, 1.807) is 14.2 Å². The van der Waals surface area contributed by atoms with Crippen molar-refractivity contribution < 1.29 is 18.6 Å². The molecular formula is C31H38N4O2+2. The third kappa shape index (κ3) is 4.91. The van der Waals surface area contributed by atoms with Crippen molar-refractivity contribution >= 4 is 22.1 Å². The van der Waals surface area contributed by atoms with E-state index in [0.29, 0.717) is 13.2 Å². The average molecular weight is 499 g/mol. The Balaban J connectivity index is 1.53. The lowest BCUT2D eigenvalue weighted by atomic mass is 9.93. The summed E-state index contributed by atoms with van der Waals surface area (Å²) in [6.45, 7) is 11.5. The quantitative estimate of drug-likeness (QED) is 0.266. The predicted octanol–water partition coefficient (Wildman–Crippen LogP) is 4.49. The monoisotopic (exact) mass is 498 g/mol. The zero-order valence-electron chi connectivity index (χ0n) is 22.7. The van der Waals surface area contributed by atoms with Crippen LogP contribution in [0.15, 0.2) is 67.3 Å². The summed E-state index contributed by atoms with van der Waals surface area (Å²) in [7, 11) is 3.51. The summed E-state index contributed by atoms with van der Waals surface area (Å²) in [5, 5.41) is 0. The SMILES string of the molecule is COCCn1c[n+](Cc2c(C)cc(C)c(C[n+]3cn(CCOC)c4ccccc43)c2C)c2ccccc21. The van der Waals surface area contributed by atoms with Crippen LogP contribution in [0, 0.1) is 20.8 Å². The number of methoxy groups -OCH3 is 2. The maximum atomic E-state index is 5.36. The van der Waals surface area contributed by atoms with Gasteiger partial charge in [-0.05, 0) is 72.9 Å². The highest BCUT2D eigenvalue weighted by atomic mass is 16.5. The number of imidazole rings is 2. The van der Waals surface area contributed by atoms with E-state index in [1.807, 2.05) is 0 Å². The molecule has 0 radical (unpaired) electrons. The van der Waals surface area contributed by atoms with Crippen molar-refractivity contribution in [2.45, 2.75) is 47.0 Å². The van der Waals surface area contributed by atoms with Crippen molar-refractivity contribution in [1.29, 1.82) is 0 Å². The smallest absolute Gasteiger partial charge is 0.245 e. The third-order valence-electron chi connectivity index (χ3n) is 7.58. The van der Waals surface area contributed by atoms with Gasteiger partial charge in [0.2, 0.25) is 12.7 Å². The molecule has 0 spiro atoms. The molecule has 5 rings (SSSR count). The van der Waals surface area contributed by atoms with Crippen LogP contribution in [0.5, 0.6) is 0 Å². The first-order valence-electron chi connectivity index (χ1n) is 13.0. The van der Waals surface area contributed by atoms with Gasteiger partial charge in [-0.2, -0.15) is 0 Å². The van der Waals surface area contributed by atoms with E-state index in [4.69, 9.17) is 9.47 Å². The first-order valence-corrected chi connectivity index (χ1v) is 13.0. The number of ether oxygens (including phenoxy) is 2. The molecule has 0 saturated heterocycles. The molecule has 2 aromatic heterocycles. The molecule has 0 amide bonds. The van der Waals surface area contributed by atoms with Crippen LogP contribution in [0.2, 0.25) is 0 Å². The fourth-order valence-electron chi connectivity index (χ4n) is 5.57. The van der Waals surface area contributed by atoms with Gasteiger partial charge in [-0.15, -0.1) is 0 Å². The molecule has 0 fully saturated rings. The second-order valence-corrected chi connectivity index (χ2v) is 9.93. The van der Waals surface area contributed by atoms with Gasteiger partial charge in [-0.1, -0.05) is 30.3 Å². The number of rotatable bonds is 10. The number of hydrogen-bond donors (Lipinski definition) is 0. The summed E-state index contributed by atoms with van der Waals surface area (Å²) < 4.78 is 20.1. The maximum Gasteiger partial charge on any atom is 0.245 e. The van der Waals surface area contributed by atoms with Gasteiger partial charge in [0.05, 0.1) is 13.2 Å². The lowest BCUT2D eigenvalue weighted by molar-refractivity contribution is -0.664. The molecule has 3 aromatic carbocycles. The molecule has 0 N–H and O–H groups in total. The van der Waals surface area contributed by atoms with Gasteiger partial charge >= 0.3 is 0 Å². The average Bonchev–Trinajstić information content (AvgIpc) is 3.44. The van der Waals surface area contributed by atoms with Crippen LogP contribution in [-0.4, -0.2) is 36.6 Å². The number of benzene rings is 3.